The van der Waals surface area contributed by atoms with Crippen molar-refractivity contribution >= 4 is 28.5 Å². The van der Waals surface area contributed by atoms with Gasteiger partial charge >= 0.3 is 0 Å². The van der Waals surface area contributed by atoms with Crippen LogP contribution < -0.4 is 5.73 Å². The average Bonchev–Trinajstić information content (AvgIpc) is 2.45. The van der Waals surface area contributed by atoms with Gasteiger partial charge in [0.05, 0.1) is 10.8 Å². The average molecular weight is 333 g/mol. The van der Waals surface area contributed by atoms with E-state index in [0.717, 1.165) is 10.6 Å². The van der Waals surface area contributed by atoms with Crippen molar-refractivity contribution in [2.45, 2.75) is 31.6 Å². The second-order valence-corrected chi connectivity index (χ2v) is 7.64. The van der Waals surface area contributed by atoms with E-state index in [0.29, 0.717) is 5.17 Å². The van der Waals surface area contributed by atoms with Crippen LogP contribution in [0.15, 0.2) is 59.6 Å². The molecular weight excluding hydrogens is 312 g/mol. The van der Waals surface area contributed by atoms with Gasteiger partial charge in [-0.3, -0.25) is 4.99 Å². The van der Waals surface area contributed by atoms with Crippen LogP contribution in [0.3, 0.4) is 0 Å². The normalized spacial score (nSPS) is 13.9. The van der Waals surface area contributed by atoms with Gasteiger partial charge in [-0.25, -0.2) is 0 Å². The number of hydrogen-bond donors (Lipinski definition) is 1. The topological polar surface area (TPSA) is 38.4 Å². The predicted molar refractivity (Wildman–Crippen MR) is 98.7 cm³/mol. The lowest BCUT2D eigenvalue weighted by Crippen LogP contribution is -2.19. The highest BCUT2D eigenvalue weighted by Crippen LogP contribution is 2.36. The molecule has 4 heteroatoms. The number of nitrogens with two attached hydrogens (primary N) is 1. The Morgan fingerprint density at radius 1 is 1.00 bits per heavy atom. The standard InChI is InChI=1S/C18H21ClN2S/c1-18(2,3)21-17(20)22-16(13-7-5-4-6-8-13)14-9-11-15(19)12-10-14/h4-12,16H,1-3H3,(H2,20,21)/t16-/m1/s1. The largest absolute Gasteiger partial charge is 0.378 e. The lowest BCUT2D eigenvalue weighted by molar-refractivity contribution is 0.585. The summed E-state index contributed by atoms with van der Waals surface area (Å²) < 4.78 is 0. The zero-order valence-corrected chi connectivity index (χ0v) is 14.7. The van der Waals surface area contributed by atoms with Crippen molar-refractivity contribution in [3.05, 3.63) is 70.7 Å². The van der Waals surface area contributed by atoms with Gasteiger partial charge in [-0.05, 0) is 44.0 Å². The molecular formula is C18H21ClN2S. The van der Waals surface area contributed by atoms with Crippen LogP contribution >= 0.6 is 23.4 Å². The Hall–Kier alpha value is -1.45. The Labute approximate surface area is 141 Å². The number of nitrogens with zero attached hydrogens (tertiary/aromatic N) is 1. The Morgan fingerprint density at radius 2 is 1.55 bits per heavy atom. The van der Waals surface area contributed by atoms with Gasteiger partial charge in [-0.1, -0.05) is 65.8 Å². The molecule has 0 radical (unpaired) electrons. The van der Waals surface area contributed by atoms with Gasteiger partial charge in [0.25, 0.3) is 0 Å². The molecule has 0 bridgehead atoms. The van der Waals surface area contributed by atoms with Gasteiger partial charge in [-0.2, -0.15) is 0 Å². The molecule has 0 aliphatic heterocycles. The number of amidine groups is 1. The van der Waals surface area contributed by atoms with Crippen molar-refractivity contribution < 1.29 is 0 Å². The summed E-state index contributed by atoms with van der Waals surface area (Å²) in [5, 5.41) is 1.43. The Bertz CT molecular complexity index is 630. The minimum absolute atomic E-state index is 0.101. The highest BCUT2D eigenvalue weighted by Gasteiger charge is 2.18. The molecule has 2 rings (SSSR count). The molecule has 116 valence electrons. The first-order chi connectivity index (χ1) is 10.3. The summed E-state index contributed by atoms with van der Waals surface area (Å²) in [7, 11) is 0. The molecule has 0 amide bonds. The summed E-state index contributed by atoms with van der Waals surface area (Å²) in [6, 6.07) is 18.2. The van der Waals surface area contributed by atoms with Crippen LogP contribution in [-0.4, -0.2) is 10.7 Å². The Balaban J connectivity index is 2.34. The molecule has 2 nitrogen and oxygen atoms in total. The van der Waals surface area contributed by atoms with Gasteiger partial charge < -0.3 is 5.73 Å². The van der Waals surface area contributed by atoms with Crippen LogP contribution in [-0.2, 0) is 0 Å². The Kier molecular flexibility index (Phi) is 5.54. The van der Waals surface area contributed by atoms with Gasteiger partial charge in [0, 0.05) is 5.02 Å². The number of aliphatic imine (C=N–C) groups is 1. The number of hydrogen-bond acceptors (Lipinski definition) is 2. The van der Waals surface area contributed by atoms with E-state index in [1.54, 1.807) is 11.8 Å². The summed E-state index contributed by atoms with van der Waals surface area (Å²) in [5.74, 6) is 0. The van der Waals surface area contributed by atoms with Gasteiger partial charge in [0.15, 0.2) is 5.17 Å². The van der Waals surface area contributed by atoms with E-state index in [4.69, 9.17) is 17.3 Å². The van der Waals surface area contributed by atoms with Crippen LogP contribution in [0, 0.1) is 0 Å². The molecule has 0 spiro atoms. The second kappa shape index (κ2) is 7.21. The van der Waals surface area contributed by atoms with Crippen LogP contribution in [0.4, 0.5) is 0 Å². The molecule has 2 N–H and O–H groups in total. The molecule has 0 fully saturated rings. The lowest BCUT2D eigenvalue weighted by Gasteiger charge is -2.19. The van der Waals surface area contributed by atoms with Crippen molar-refractivity contribution in [2.75, 3.05) is 0 Å². The summed E-state index contributed by atoms with van der Waals surface area (Å²) in [6.07, 6.45) is 0. The third kappa shape index (κ3) is 5.08. The fraction of sp³-hybridized carbons (Fsp3) is 0.278. The minimum atomic E-state index is -0.182. The SMILES string of the molecule is CC(C)(C)N=C(N)S[C@H](c1ccccc1)c1ccc(Cl)cc1. The van der Waals surface area contributed by atoms with E-state index in [2.05, 4.69) is 17.1 Å². The maximum atomic E-state index is 6.15. The first kappa shape index (κ1) is 16.9. The molecule has 0 saturated heterocycles. The van der Waals surface area contributed by atoms with E-state index in [1.165, 1.54) is 5.56 Å². The van der Waals surface area contributed by atoms with E-state index in [1.807, 2.05) is 63.2 Å². The summed E-state index contributed by atoms with van der Waals surface area (Å²) >= 11 is 7.57. The summed E-state index contributed by atoms with van der Waals surface area (Å²) in [4.78, 5) is 4.55. The highest BCUT2D eigenvalue weighted by atomic mass is 35.5. The van der Waals surface area contributed by atoms with E-state index >= 15 is 0 Å². The molecule has 0 saturated carbocycles. The van der Waals surface area contributed by atoms with Gasteiger partial charge in [0.1, 0.15) is 0 Å². The molecule has 22 heavy (non-hydrogen) atoms. The third-order valence-electron chi connectivity index (χ3n) is 2.96. The zero-order chi connectivity index (χ0) is 16.2. The van der Waals surface area contributed by atoms with E-state index in [-0.39, 0.29) is 10.8 Å². The molecule has 1 atom stereocenters. The minimum Gasteiger partial charge on any atom is -0.378 e. The van der Waals surface area contributed by atoms with Crippen LogP contribution in [0.1, 0.15) is 37.1 Å². The van der Waals surface area contributed by atoms with Crippen molar-refractivity contribution in [3.8, 4) is 0 Å². The molecule has 2 aromatic rings. The number of rotatable bonds is 3. The molecule has 0 aliphatic carbocycles. The van der Waals surface area contributed by atoms with Crippen molar-refractivity contribution in [1.29, 1.82) is 0 Å². The van der Waals surface area contributed by atoms with Crippen LogP contribution in [0.2, 0.25) is 5.02 Å². The van der Waals surface area contributed by atoms with E-state index < -0.39 is 0 Å². The monoisotopic (exact) mass is 332 g/mol. The number of benzene rings is 2. The fourth-order valence-electron chi connectivity index (χ4n) is 2.07. The summed E-state index contributed by atoms with van der Waals surface area (Å²) in [6.45, 7) is 6.13. The second-order valence-electron chi connectivity index (χ2n) is 6.08. The Morgan fingerprint density at radius 3 is 2.09 bits per heavy atom. The van der Waals surface area contributed by atoms with Crippen molar-refractivity contribution in [2.24, 2.45) is 10.7 Å². The van der Waals surface area contributed by atoms with Crippen LogP contribution in [0.25, 0.3) is 0 Å². The first-order valence-corrected chi connectivity index (χ1v) is 8.43. The number of thioether (sulfide) groups is 1. The maximum absolute atomic E-state index is 6.15. The first-order valence-electron chi connectivity index (χ1n) is 7.17. The van der Waals surface area contributed by atoms with Gasteiger partial charge in [-0.15, -0.1) is 0 Å². The molecule has 0 aromatic heterocycles. The molecule has 0 unspecified atom stereocenters. The van der Waals surface area contributed by atoms with Crippen LogP contribution in [0.5, 0.6) is 0 Å². The smallest absolute Gasteiger partial charge is 0.155 e. The highest BCUT2D eigenvalue weighted by molar-refractivity contribution is 8.14. The molecule has 0 heterocycles. The third-order valence-corrected chi connectivity index (χ3v) is 4.32. The quantitative estimate of drug-likeness (QED) is 0.613. The fourth-order valence-corrected chi connectivity index (χ4v) is 3.35. The maximum Gasteiger partial charge on any atom is 0.155 e. The summed E-state index contributed by atoms with van der Waals surface area (Å²) in [5.41, 5.74) is 8.33. The zero-order valence-electron chi connectivity index (χ0n) is 13.1. The van der Waals surface area contributed by atoms with Crippen molar-refractivity contribution in [3.63, 3.8) is 0 Å². The molecule has 2 aromatic carbocycles. The number of halogens is 1. The molecule has 0 aliphatic rings. The van der Waals surface area contributed by atoms with E-state index in [9.17, 15) is 0 Å². The van der Waals surface area contributed by atoms with Gasteiger partial charge in [0.2, 0.25) is 0 Å². The predicted octanol–water partition coefficient (Wildman–Crippen LogP) is 5.28. The lowest BCUT2D eigenvalue weighted by atomic mass is 10.0. The van der Waals surface area contributed by atoms with Crippen molar-refractivity contribution in [1.82, 2.24) is 0 Å².